The minimum Gasteiger partial charge on any atom is -0.256 e. The van der Waals surface area contributed by atoms with Crippen molar-refractivity contribution in [3.63, 3.8) is 0 Å². The maximum atomic E-state index is 4.39. The molecule has 0 aliphatic heterocycles. The molecule has 0 radical (unpaired) electrons. The molecule has 0 aliphatic carbocycles. The number of nitrogens with zero attached hydrogens (tertiary/aromatic N) is 1. The van der Waals surface area contributed by atoms with Gasteiger partial charge in [0, 0.05) is 11.6 Å². The fourth-order valence-electron chi connectivity index (χ4n) is 1.52. The second-order valence-corrected chi connectivity index (χ2v) is 3.35. The Balaban J connectivity index is 2.63. The first-order chi connectivity index (χ1) is 6.83. The smallest absolute Gasteiger partial charge is 0.0705 e. The Morgan fingerprint density at radius 2 is 2.21 bits per heavy atom. The largest absolute Gasteiger partial charge is 0.256 e. The first kappa shape index (κ1) is 8.95. The summed E-state index contributed by atoms with van der Waals surface area (Å²) in [5.74, 6) is 0. The van der Waals surface area contributed by atoms with Crippen LogP contribution < -0.4 is 0 Å². The number of hydrogen-bond donors (Lipinski definition) is 0. The number of hydrogen-bond acceptors (Lipinski definition) is 1. The molecule has 70 valence electrons. The summed E-state index contributed by atoms with van der Waals surface area (Å²) in [6.45, 7) is 5.88. The Labute approximate surface area is 84.1 Å². The van der Waals surface area contributed by atoms with Crippen LogP contribution in [0.15, 0.2) is 37.0 Å². The standard InChI is InChI=1S/C13H13N/c1-3-10-5-6-12-7-11(4-2)9-14-13(12)8-10/h4-9H,2-3H2,1H3. The van der Waals surface area contributed by atoms with E-state index in [4.69, 9.17) is 0 Å². The molecule has 0 N–H and O–H groups in total. The third-order valence-corrected chi connectivity index (χ3v) is 2.41. The van der Waals surface area contributed by atoms with E-state index in [0.29, 0.717) is 0 Å². The van der Waals surface area contributed by atoms with Crippen molar-refractivity contribution in [2.45, 2.75) is 13.3 Å². The van der Waals surface area contributed by atoms with E-state index in [-0.39, 0.29) is 0 Å². The predicted molar refractivity (Wildman–Crippen MR) is 61.2 cm³/mol. The van der Waals surface area contributed by atoms with Crippen molar-refractivity contribution in [1.29, 1.82) is 0 Å². The van der Waals surface area contributed by atoms with Crippen LogP contribution >= 0.6 is 0 Å². The summed E-state index contributed by atoms with van der Waals surface area (Å²) in [7, 11) is 0. The van der Waals surface area contributed by atoms with Crippen molar-refractivity contribution in [3.8, 4) is 0 Å². The lowest BCUT2D eigenvalue weighted by atomic mass is 10.1. The van der Waals surface area contributed by atoms with E-state index in [1.165, 1.54) is 10.9 Å². The highest BCUT2D eigenvalue weighted by Crippen LogP contribution is 2.16. The fraction of sp³-hybridized carbons (Fsp3) is 0.154. The molecular weight excluding hydrogens is 170 g/mol. The number of fused-ring (bicyclic) bond motifs is 1. The van der Waals surface area contributed by atoms with Crippen LogP contribution in [0.5, 0.6) is 0 Å². The Bertz CT molecular complexity index is 472. The van der Waals surface area contributed by atoms with Gasteiger partial charge in [0.2, 0.25) is 0 Å². The van der Waals surface area contributed by atoms with E-state index in [1.807, 2.05) is 12.3 Å². The number of aromatic nitrogens is 1. The van der Waals surface area contributed by atoms with Gasteiger partial charge in [-0.05, 0) is 29.7 Å². The second kappa shape index (κ2) is 3.62. The normalized spacial score (nSPS) is 10.4. The molecule has 0 bridgehead atoms. The number of pyridine rings is 1. The van der Waals surface area contributed by atoms with Gasteiger partial charge in [0.25, 0.3) is 0 Å². The van der Waals surface area contributed by atoms with Gasteiger partial charge in [-0.3, -0.25) is 4.98 Å². The lowest BCUT2D eigenvalue weighted by molar-refractivity contribution is 1.14. The second-order valence-electron chi connectivity index (χ2n) is 3.35. The summed E-state index contributed by atoms with van der Waals surface area (Å²) in [4.78, 5) is 4.39. The van der Waals surface area contributed by atoms with Crippen LogP contribution in [0, 0.1) is 0 Å². The van der Waals surface area contributed by atoms with Gasteiger partial charge in [-0.1, -0.05) is 31.7 Å². The molecule has 1 heterocycles. The third kappa shape index (κ3) is 1.53. The van der Waals surface area contributed by atoms with E-state index < -0.39 is 0 Å². The lowest BCUT2D eigenvalue weighted by Gasteiger charge is -2.01. The van der Waals surface area contributed by atoms with Gasteiger partial charge in [0.05, 0.1) is 5.52 Å². The van der Waals surface area contributed by atoms with Crippen LogP contribution in [0.3, 0.4) is 0 Å². The quantitative estimate of drug-likeness (QED) is 0.695. The van der Waals surface area contributed by atoms with E-state index in [0.717, 1.165) is 17.5 Å². The van der Waals surface area contributed by atoms with E-state index >= 15 is 0 Å². The van der Waals surface area contributed by atoms with Gasteiger partial charge in [-0.2, -0.15) is 0 Å². The van der Waals surface area contributed by atoms with Gasteiger partial charge in [-0.15, -0.1) is 0 Å². The summed E-state index contributed by atoms with van der Waals surface area (Å²) in [6, 6.07) is 8.52. The Hall–Kier alpha value is -1.63. The SMILES string of the molecule is C=Cc1cnc2cc(CC)ccc2c1. The molecule has 1 heteroatoms. The van der Waals surface area contributed by atoms with Crippen molar-refractivity contribution in [3.05, 3.63) is 48.2 Å². The summed E-state index contributed by atoms with van der Waals surface area (Å²) in [5, 5.41) is 1.18. The topological polar surface area (TPSA) is 12.9 Å². The van der Waals surface area contributed by atoms with Gasteiger partial charge in [0.15, 0.2) is 0 Å². The van der Waals surface area contributed by atoms with Crippen molar-refractivity contribution in [1.82, 2.24) is 4.98 Å². The molecule has 0 unspecified atom stereocenters. The number of benzene rings is 1. The van der Waals surface area contributed by atoms with Gasteiger partial charge < -0.3 is 0 Å². The summed E-state index contributed by atoms with van der Waals surface area (Å²) < 4.78 is 0. The Morgan fingerprint density at radius 3 is 2.93 bits per heavy atom. The maximum absolute atomic E-state index is 4.39. The molecule has 0 spiro atoms. The summed E-state index contributed by atoms with van der Waals surface area (Å²) in [5.41, 5.74) is 3.47. The molecule has 1 nitrogen and oxygen atoms in total. The monoisotopic (exact) mass is 183 g/mol. The van der Waals surface area contributed by atoms with Crippen molar-refractivity contribution < 1.29 is 0 Å². The Kier molecular flexibility index (Phi) is 2.32. The fourth-order valence-corrected chi connectivity index (χ4v) is 1.52. The van der Waals surface area contributed by atoms with E-state index in [9.17, 15) is 0 Å². The van der Waals surface area contributed by atoms with Crippen LogP contribution in [-0.4, -0.2) is 4.98 Å². The minimum absolute atomic E-state index is 1.06. The molecule has 0 aliphatic rings. The zero-order valence-electron chi connectivity index (χ0n) is 8.33. The molecule has 2 rings (SSSR count). The molecular formula is C13H13N. The summed E-state index contributed by atoms with van der Waals surface area (Å²) in [6.07, 6.45) is 4.73. The van der Waals surface area contributed by atoms with Crippen molar-refractivity contribution >= 4 is 17.0 Å². The van der Waals surface area contributed by atoms with Crippen LogP contribution in [0.1, 0.15) is 18.1 Å². The molecule has 2 aromatic rings. The van der Waals surface area contributed by atoms with Crippen LogP contribution in [-0.2, 0) is 6.42 Å². The van der Waals surface area contributed by atoms with Crippen LogP contribution in [0.4, 0.5) is 0 Å². The van der Waals surface area contributed by atoms with E-state index in [1.54, 1.807) is 0 Å². The molecule has 1 aromatic heterocycles. The highest BCUT2D eigenvalue weighted by Gasteiger charge is 1.96. The molecule has 0 atom stereocenters. The van der Waals surface area contributed by atoms with Crippen LogP contribution in [0.2, 0.25) is 0 Å². The van der Waals surface area contributed by atoms with E-state index in [2.05, 4.69) is 42.8 Å². The highest BCUT2D eigenvalue weighted by molar-refractivity contribution is 5.81. The van der Waals surface area contributed by atoms with Crippen LogP contribution in [0.25, 0.3) is 17.0 Å². The molecule has 1 aromatic carbocycles. The molecule has 0 saturated heterocycles. The lowest BCUT2D eigenvalue weighted by Crippen LogP contribution is -1.84. The van der Waals surface area contributed by atoms with Crippen molar-refractivity contribution in [2.75, 3.05) is 0 Å². The first-order valence-corrected chi connectivity index (χ1v) is 4.84. The zero-order chi connectivity index (χ0) is 9.97. The molecule has 0 saturated carbocycles. The number of rotatable bonds is 2. The third-order valence-electron chi connectivity index (χ3n) is 2.41. The highest BCUT2D eigenvalue weighted by atomic mass is 14.6. The number of aryl methyl sites for hydroxylation is 1. The van der Waals surface area contributed by atoms with Gasteiger partial charge in [-0.25, -0.2) is 0 Å². The average Bonchev–Trinajstić information content (AvgIpc) is 2.27. The zero-order valence-corrected chi connectivity index (χ0v) is 8.33. The predicted octanol–water partition coefficient (Wildman–Crippen LogP) is 3.44. The molecule has 0 amide bonds. The first-order valence-electron chi connectivity index (χ1n) is 4.84. The average molecular weight is 183 g/mol. The minimum atomic E-state index is 1.06. The summed E-state index contributed by atoms with van der Waals surface area (Å²) >= 11 is 0. The molecule has 14 heavy (non-hydrogen) atoms. The van der Waals surface area contributed by atoms with Gasteiger partial charge >= 0.3 is 0 Å². The Morgan fingerprint density at radius 1 is 1.36 bits per heavy atom. The molecule has 0 fully saturated rings. The van der Waals surface area contributed by atoms with Crippen molar-refractivity contribution in [2.24, 2.45) is 0 Å². The van der Waals surface area contributed by atoms with Gasteiger partial charge in [0.1, 0.15) is 0 Å². The maximum Gasteiger partial charge on any atom is 0.0705 e.